The lowest BCUT2D eigenvalue weighted by Gasteiger charge is -2.20. The van der Waals surface area contributed by atoms with Crippen molar-refractivity contribution in [3.63, 3.8) is 0 Å². The summed E-state index contributed by atoms with van der Waals surface area (Å²) in [4.78, 5) is 12.8. The Bertz CT molecular complexity index is 964. The summed E-state index contributed by atoms with van der Waals surface area (Å²) in [7, 11) is 0. The number of aliphatic hydroxyl groups excluding tert-OH is 1. The van der Waals surface area contributed by atoms with Crippen LogP contribution in [0, 0.1) is 18.2 Å². The molecule has 0 amide bonds. The molecule has 3 rings (SSSR count). The summed E-state index contributed by atoms with van der Waals surface area (Å²) < 4.78 is 14.8. The number of ketones is 1. The molecule has 2 aromatic carbocycles. The van der Waals surface area contributed by atoms with E-state index in [-0.39, 0.29) is 24.6 Å². The fourth-order valence-electron chi connectivity index (χ4n) is 2.77. The van der Waals surface area contributed by atoms with Crippen molar-refractivity contribution >= 4 is 5.78 Å². The van der Waals surface area contributed by atoms with Crippen LogP contribution in [-0.2, 0) is 0 Å². The Morgan fingerprint density at radius 1 is 1.15 bits per heavy atom. The highest BCUT2D eigenvalue weighted by atomic mass is 19.1. The lowest BCUT2D eigenvalue weighted by molar-refractivity contribution is 0.0858. The normalized spacial score (nSPS) is 11.6. The van der Waals surface area contributed by atoms with Crippen molar-refractivity contribution in [2.45, 2.75) is 27.2 Å². The second-order valence-corrected chi connectivity index (χ2v) is 7.34. The number of aryl methyl sites for hydroxylation is 1. The molecule has 0 aliphatic heterocycles. The fourth-order valence-corrected chi connectivity index (χ4v) is 2.77. The third kappa shape index (κ3) is 4.25. The van der Waals surface area contributed by atoms with E-state index in [9.17, 15) is 14.3 Å². The molecule has 0 saturated heterocycles. The molecule has 7 heteroatoms. The molecule has 0 unspecified atom stereocenters. The maximum Gasteiger partial charge on any atom is 0.163 e. The van der Waals surface area contributed by atoms with E-state index in [1.807, 2.05) is 19.9 Å². The van der Waals surface area contributed by atoms with Crippen LogP contribution in [0.2, 0.25) is 0 Å². The molecule has 0 atom stereocenters. The van der Waals surface area contributed by atoms with E-state index >= 15 is 0 Å². The number of nitrogens with zero attached hydrogens (tertiary/aromatic N) is 4. The van der Waals surface area contributed by atoms with Gasteiger partial charge >= 0.3 is 0 Å². The van der Waals surface area contributed by atoms with Crippen LogP contribution < -0.4 is 0 Å². The van der Waals surface area contributed by atoms with Gasteiger partial charge < -0.3 is 5.11 Å². The number of aliphatic hydroxyl groups is 1. The highest BCUT2D eigenvalue weighted by Crippen LogP contribution is 2.28. The van der Waals surface area contributed by atoms with Crippen molar-refractivity contribution in [2.75, 3.05) is 6.61 Å². The quantitative estimate of drug-likeness (QED) is 0.675. The molecule has 0 saturated carbocycles. The molecule has 6 nitrogen and oxygen atoms in total. The number of Topliss-reactive ketones (excluding diaryl/α,β-unsaturated/α-hetero) is 1. The molecular formula is C20H21FN4O2. The van der Waals surface area contributed by atoms with Gasteiger partial charge in [0.15, 0.2) is 11.6 Å². The molecule has 1 N–H and O–H groups in total. The molecule has 0 aliphatic rings. The first-order chi connectivity index (χ1) is 12.8. The summed E-state index contributed by atoms with van der Waals surface area (Å²) >= 11 is 0. The fraction of sp³-hybridized carbons (Fsp3) is 0.300. The van der Waals surface area contributed by atoms with Crippen LogP contribution in [0.5, 0.6) is 0 Å². The Labute approximate surface area is 156 Å². The molecule has 1 heterocycles. The van der Waals surface area contributed by atoms with Crippen LogP contribution in [-0.4, -0.2) is 37.7 Å². The van der Waals surface area contributed by atoms with Gasteiger partial charge in [-0.15, -0.1) is 5.10 Å². The summed E-state index contributed by atoms with van der Waals surface area (Å²) in [5.74, 6) is 0.164. The number of hydrogen-bond donors (Lipinski definition) is 1. The zero-order valence-corrected chi connectivity index (χ0v) is 15.5. The van der Waals surface area contributed by atoms with Crippen molar-refractivity contribution in [1.29, 1.82) is 0 Å². The summed E-state index contributed by atoms with van der Waals surface area (Å²) in [5.41, 5.74) is 2.15. The maximum atomic E-state index is 13.3. The van der Waals surface area contributed by atoms with Crippen molar-refractivity contribution in [1.82, 2.24) is 20.2 Å². The van der Waals surface area contributed by atoms with E-state index in [1.165, 1.54) is 12.1 Å². The molecule has 0 bridgehead atoms. The third-order valence-corrected chi connectivity index (χ3v) is 4.35. The zero-order valence-electron chi connectivity index (χ0n) is 15.5. The summed E-state index contributed by atoms with van der Waals surface area (Å²) in [6.45, 7) is 5.35. The third-order valence-electron chi connectivity index (χ3n) is 4.35. The van der Waals surface area contributed by atoms with Gasteiger partial charge in [-0.25, -0.2) is 4.39 Å². The average molecular weight is 368 g/mol. The molecular weight excluding hydrogens is 347 g/mol. The molecule has 0 fully saturated rings. The van der Waals surface area contributed by atoms with Gasteiger partial charge in [-0.1, -0.05) is 26.0 Å². The Morgan fingerprint density at radius 2 is 1.85 bits per heavy atom. The maximum absolute atomic E-state index is 13.3. The Hall–Kier alpha value is -2.93. The number of carbonyl (C=O) groups excluding carboxylic acids is 1. The highest BCUT2D eigenvalue weighted by molar-refractivity contribution is 5.98. The van der Waals surface area contributed by atoms with Crippen LogP contribution in [0.4, 0.5) is 4.39 Å². The van der Waals surface area contributed by atoms with Crippen molar-refractivity contribution < 1.29 is 14.3 Å². The number of carbonyl (C=O) groups is 1. The second kappa shape index (κ2) is 7.36. The Kier molecular flexibility index (Phi) is 5.14. The van der Waals surface area contributed by atoms with Gasteiger partial charge in [-0.3, -0.25) is 4.79 Å². The lowest BCUT2D eigenvalue weighted by atomic mass is 9.86. The van der Waals surface area contributed by atoms with E-state index in [1.54, 1.807) is 35.9 Å². The molecule has 3 aromatic rings. The second-order valence-electron chi connectivity index (χ2n) is 7.34. The SMILES string of the molecule is Cc1nnnn1-c1cc(C(=O)CC(C)(C)CO)cc(-c2ccc(F)cc2)c1. The smallest absolute Gasteiger partial charge is 0.163 e. The van der Waals surface area contributed by atoms with Crippen molar-refractivity contribution in [3.05, 3.63) is 59.7 Å². The van der Waals surface area contributed by atoms with Gasteiger partial charge in [0, 0.05) is 18.6 Å². The van der Waals surface area contributed by atoms with E-state index in [2.05, 4.69) is 15.5 Å². The topological polar surface area (TPSA) is 80.9 Å². The molecule has 0 spiro atoms. The first kappa shape index (κ1) is 18.8. The van der Waals surface area contributed by atoms with Gasteiger partial charge in [-0.2, -0.15) is 4.68 Å². The largest absolute Gasteiger partial charge is 0.396 e. The zero-order chi connectivity index (χ0) is 19.6. The predicted octanol–water partition coefficient (Wildman–Crippen LogP) is 3.37. The number of halogens is 1. The van der Waals surface area contributed by atoms with Crippen LogP contribution in [0.1, 0.15) is 36.5 Å². The first-order valence-corrected chi connectivity index (χ1v) is 8.59. The lowest BCUT2D eigenvalue weighted by Crippen LogP contribution is -2.21. The molecule has 0 radical (unpaired) electrons. The number of aromatic nitrogens is 4. The number of tetrazole rings is 1. The molecule has 27 heavy (non-hydrogen) atoms. The van der Waals surface area contributed by atoms with Crippen molar-refractivity contribution in [2.24, 2.45) is 5.41 Å². The van der Waals surface area contributed by atoms with E-state index in [4.69, 9.17) is 0 Å². The minimum atomic E-state index is -0.520. The minimum absolute atomic E-state index is 0.0879. The number of rotatable bonds is 6. The van der Waals surface area contributed by atoms with Crippen LogP contribution in [0.25, 0.3) is 16.8 Å². The van der Waals surface area contributed by atoms with Crippen molar-refractivity contribution in [3.8, 4) is 16.8 Å². The molecule has 0 aliphatic carbocycles. The molecule has 1 aromatic heterocycles. The van der Waals surface area contributed by atoms with E-state index < -0.39 is 5.41 Å². The van der Waals surface area contributed by atoms with Gasteiger partial charge in [0.2, 0.25) is 0 Å². The summed E-state index contributed by atoms with van der Waals surface area (Å²) in [6, 6.07) is 11.4. The van der Waals surface area contributed by atoms with E-state index in [0.29, 0.717) is 17.1 Å². The number of hydrogen-bond acceptors (Lipinski definition) is 5. The Morgan fingerprint density at radius 3 is 2.44 bits per heavy atom. The van der Waals surface area contributed by atoms with Gasteiger partial charge in [0.1, 0.15) is 5.82 Å². The van der Waals surface area contributed by atoms with Crippen LogP contribution >= 0.6 is 0 Å². The van der Waals surface area contributed by atoms with E-state index in [0.717, 1.165) is 11.1 Å². The predicted molar refractivity (Wildman–Crippen MR) is 99.1 cm³/mol. The molecule has 140 valence electrons. The minimum Gasteiger partial charge on any atom is -0.396 e. The highest BCUT2D eigenvalue weighted by Gasteiger charge is 2.23. The first-order valence-electron chi connectivity index (χ1n) is 8.59. The van der Waals surface area contributed by atoms with Crippen LogP contribution in [0.3, 0.4) is 0 Å². The number of benzene rings is 2. The average Bonchev–Trinajstić information content (AvgIpc) is 3.07. The van der Waals surface area contributed by atoms with Gasteiger partial charge in [0.25, 0.3) is 0 Å². The standard InChI is InChI=1S/C20H21FN4O2/c1-13-22-23-24-25(13)18-9-15(14-4-6-17(21)7-5-14)8-16(10-18)19(27)11-20(2,3)12-26/h4-10,26H,11-12H2,1-3H3. The van der Waals surface area contributed by atoms with Gasteiger partial charge in [0.05, 0.1) is 5.69 Å². The summed E-state index contributed by atoms with van der Waals surface area (Å²) in [5, 5.41) is 21.0. The monoisotopic (exact) mass is 368 g/mol. The van der Waals surface area contributed by atoms with Crippen LogP contribution in [0.15, 0.2) is 42.5 Å². The van der Waals surface area contributed by atoms with Gasteiger partial charge in [-0.05, 0) is 64.2 Å². The Balaban J connectivity index is 2.10. The summed E-state index contributed by atoms with van der Waals surface area (Å²) in [6.07, 6.45) is 0.199.